The summed E-state index contributed by atoms with van der Waals surface area (Å²) in [6, 6.07) is -0.685. The van der Waals surface area contributed by atoms with Crippen molar-refractivity contribution in [3.05, 3.63) is 0 Å². The molecule has 0 radical (unpaired) electrons. The molecule has 5 nitrogen and oxygen atoms in total. The van der Waals surface area contributed by atoms with E-state index >= 15 is 0 Å². The van der Waals surface area contributed by atoms with E-state index < -0.39 is 6.04 Å². The lowest BCUT2D eigenvalue weighted by Gasteiger charge is -2.23. The Morgan fingerprint density at radius 3 is 1.45 bits per heavy atom. The van der Waals surface area contributed by atoms with E-state index in [0.717, 1.165) is 6.42 Å². The number of hydrogen-bond donors (Lipinski definition) is 3. The molecule has 0 aromatic heterocycles. The SMILES string of the molecule is CCCCCCC.CCCCCCC.CNC(C(=O)NC(CCCN)C(C)=O)C(C)C. The predicted octanol–water partition coefficient (Wildman–Crippen LogP) is 6.00. The van der Waals surface area contributed by atoms with Gasteiger partial charge in [0.25, 0.3) is 0 Å². The van der Waals surface area contributed by atoms with Gasteiger partial charge in [0.05, 0.1) is 12.1 Å². The number of likely N-dealkylation sites (N-methyl/N-ethyl adjacent to an activating group) is 1. The molecule has 0 bridgehead atoms. The molecule has 0 aliphatic carbocycles. The number of unbranched alkanes of at least 4 members (excludes halogenated alkanes) is 8. The van der Waals surface area contributed by atoms with Crippen molar-refractivity contribution < 1.29 is 9.59 Å². The minimum Gasteiger partial charge on any atom is -0.345 e. The average Bonchev–Trinajstić information content (AvgIpc) is 2.73. The lowest BCUT2D eigenvalue weighted by molar-refractivity contribution is -0.129. The Morgan fingerprint density at radius 1 is 0.774 bits per heavy atom. The van der Waals surface area contributed by atoms with Crippen LogP contribution in [0.15, 0.2) is 0 Å². The smallest absolute Gasteiger partial charge is 0.237 e. The lowest BCUT2D eigenvalue weighted by Crippen LogP contribution is -2.51. The maximum Gasteiger partial charge on any atom is 0.237 e. The van der Waals surface area contributed by atoms with Crippen molar-refractivity contribution in [1.82, 2.24) is 10.6 Å². The van der Waals surface area contributed by atoms with Crippen LogP contribution >= 0.6 is 0 Å². The van der Waals surface area contributed by atoms with Crippen molar-refractivity contribution in [3.63, 3.8) is 0 Å². The largest absolute Gasteiger partial charge is 0.345 e. The van der Waals surface area contributed by atoms with E-state index in [1.165, 1.54) is 71.1 Å². The first-order valence-corrected chi connectivity index (χ1v) is 12.9. The minimum atomic E-state index is -0.416. The molecule has 4 N–H and O–H groups in total. The van der Waals surface area contributed by atoms with E-state index in [2.05, 4.69) is 38.3 Å². The molecule has 2 unspecified atom stereocenters. The third-order valence-corrected chi connectivity index (χ3v) is 5.18. The predicted molar refractivity (Wildman–Crippen MR) is 137 cm³/mol. The third-order valence-electron chi connectivity index (χ3n) is 5.18. The summed E-state index contributed by atoms with van der Waals surface area (Å²) in [5, 5.41) is 5.73. The van der Waals surface area contributed by atoms with Crippen LogP contribution in [-0.4, -0.2) is 37.4 Å². The van der Waals surface area contributed by atoms with Crippen LogP contribution in [0.1, 0.15) is 126 Å². The lowest BCUT2D eigenvalue weighted by atomic mass is 10.0. The second-order valence-corrected chi connectivity index (χ2v) is 8.73. The zero-order chi connectivity index (χ0) is 24.5. The summed E-state index contributed by atoms with van der Waals surface area (Å²) in [7, 11) is 1.74. The van der Waals surface area contributed by atoms with E-state index in [0.29, 0.717) is 13.0 Å². The van der Waals surface area contributed by atoms with Gasteiger partial charge in [-0.1, -0.05) is 106 Å². The Morgan fingerprint density at radius 2 is 1.19 bits per heavy atom. The number of carbonyl (C=O) groups is 2. The standard InChI is InChI=1S/C12H25N3O2.2C7H16/c1-8(2)11(14-4)12(17)15-10(9(3)16)6-5-7-13;2*1-3-5-7-6-4-2/h8,10-11,14H,5-7,13H2,1-4H3,(H,15,17);2*3-7H2,1-2H3. The van der Waals surface area contributed by atoms with Crippen LogP contribution < -0.4 is 16.4 Å². The molecule has 0 saturated carbocycles. The van der Waals surface area contributed by atoms with Gasteiger partial charge in [-0.15, -0.1) is 0 Å². The molecular formula is C26H57N3O2. The number of rotatable bonds is 16. The summed E-state index contributed by atoms with van der Waals surface area (Å²) in [5.74, 6) is 0.0345. The average molecular weight is 444 g/mol. The molecule has 0 fully saturated rings. The Hall–Kier alpha value is -0.940. The summed E-state index contributed by atoms with van der Waals surface area (Å²) < 4.78 is 0. The fourth-order valence-electron chi connectivity index (χ4n) is 3.08. The van der Waals surface area contributed by atoms with Crippen LogP contribution in [0.5, 0.6) is 0 Å². The van der Waals surface area contributed by atoms with Gasteiger partial charge in [-0.2, -0.15) is 0 Å². The van der Waals surface area contributed by atoms with Gasteiger partial charge in [-0.3, -0.25) is 9.59 Å². The molecule has 0 aliphatic rings. The van der Waals surface area contributed by atoms with E-state index in [9.17, 15) is 9.59 Å². The van der Waals surface area contributed by atoms with E-state index in [1.54, 1.807) is 7.05 Å². The Kier molecular flexibility index (Phi) is 30.3. The van der Waals surface area contributed by atoms with E-state index in [1.807, 2.05) is 13.8 Å². The molecule has 188 valence electrons. The number of nitrogens with one attached hydrogen (secondary N) is 2. The van der Waals surface area contributed by atoms with Gasteiger partial charge in [-0.25, -0.2) is 0 Å². The highest BCUT2D eigenvalue weighted by Crippen LogP contribution is 2.04. The van der Waals surface area contributed by atoms with Crippen LogP contribution in [-0.2, 0) is 9.59 Å². The molecular weight excluding hydrogens is 386 g/mol. The molecule has 0 heterocycles. The summed E-state index contributed by atoms with van der Waals surface area (Å²) in [6.07, 6.45) is 15.4. The quantitative estimate of drug-likeness (QED) is 0.256. The highest BCUT2D eigenvalue weighted by Gasteiger charge is 2.24. The van der Waals surface area contributed by atoms with Gasteiger partial charge in [0, 0.05) is 0 Å². The number of carbonyl (C=O) groups excluding carboxylic acids is 2. The van der Waals surface area contributed by atoms with Crippen LogP contribution in [0, 0.1) is 5.92 Å². The molecule has 0 aromatic carbocycles. The maximum atomic E-state index is 11.9. The van der Waals surface area contributed by atoms with Gasteiger partial charge in [0.2, 0.25) is 5.91 Å². The molecule has 0 spiro atoms. The number of ketones is 1. The molecule has 2 atom stereocenters. The van der Waals surface area contributed by atoms with Crippen molar-refractivity contribution in [2.75, 3.05) is 13.6 Å². The highest BCUT2D eigenvalue weighted by molar-refractivity contribution is 5.89. The van der Waals surface area contributed by atoms with Crippen molar-refractivity contribution in [2.45, 2.75) is 138 Å². The van der Waals surface area contributed by atoms with Gasteiger partial charge in [0.1, 0.15) is 0 Å². The van der Waals surface area contributed by atoms with Crippen LogP contribution in [0.2, 0.25) is 0 Å². The van der Waals surface area contributed by atoms with Gasteiger partial charge >= 0.3 is 0 Å². The van der Waals surface area contributed by atoms with Crippen molar-refractivity contribution in [3.8, 4) is 0 Å². The second-order valence-electron chi connectivity index (χ2n) is 8.73. The van der Waals surface area contributed by atoms with Crippen LogP contribution in [0.25, 0.3) is 0 Å². The van der Waals surface area contributed by atoms with E-state index in [4.69, 9.17) is 5.73 Å². The maximum absolute atomic E-state index is 11.9. The molecule has 0 aliphatic heterocycles. The zero-order valence-electron chi connectivity index (χ0n) is 22.3. The zero-order valence-corrected chi connectivity index (χ0v) is 22.3. The third kappa shape index (κ3) is 25.2. The minimum absolute atomic E-state index is 0.0228. The Labute approximate surface area is 195 Å². The highest BCUT2D eigenvalue weighted by atomic mass is 16.2. The number of hydrogen-bond acceptors (Lipinski definition) is 4. The number of Topliss-reactive ketones (excluding diaryl/α,β-unsaturated/α-hetero) is 1. The molecule has 0 rings (SSSR count). The summed E-state index contributed by atoms with van der Waals surface area (Å²) in [5.41, 5.74) is 5.41. The number of nitrogens with two attached hydrogens (primary N) is 1. The van der Waals surface area contributed by atoms with Crippen LogP contribution in [0.4, 0.5) is 0 Å². The summed E-state index contributed by atoms with van der Waals surface area (Å²) in [6.45, 7) is 14.9. The van der Waals surface area contributed by atoms with E-state index in [-0.39, 0.29) is 23.7 Å². The summed E-state index contributed by atoms with van der Waals surface area (Å²) >= 11 is 0. The Balaban J connectivity index is -0.000000460. The topological polar surface area (TPSA) is 84.2 Å². The molecule has 31 heavy (non-hydrogen) atoms. The molecule has 5 heteroatoms. The van der Waals surface area contributed by atoms with Gasteiger partial charge < -0.3 is 16.4 Å². The molecule has 1 amide bonds. The number of amides is 1. The first-order valence-electron chi connectivity index (χ1n) is 12.9. The Bertz CT molecular complexity index is 369. The van der Waals surface area contributed by atoms with Crippen molar-refractivity contribution in [1.29, 1.82) is 0 Å². The van der Waals surface area contributed by atoms with Gasteiger partial charge in [0.15, 0.2) is 5.78 Å². The van der Waals surface area contributed by atoms with Crippen LogP contribution in [0.3, 0.4) is 0 Å². The molecule has 0 saturated heterocycles. The van der Waals surface area contributed by atoms with Crippen molar-refractivity contribution in [2.24, 2.45) is 11.7 Å². The fraction of sp³-hybridized carbons (Fsp3) is 0.923. The normalized spacial score (nSPS) is 12.2. The molecule has 0 aromatic rings. The summed E-state index contributed by atoms with van der Waals surface area (Å²) in [4.78, 5) is 23.3. The van der Waals surface area contributed by atoms with Crippen molar-refractivity contribution >= 4 is 11.7 Å². The first-order chi connectivity index (χ1) is 14.8. The first kappa shape index (κ1) is 34.7. The van der Waals surface area contributed by atoms with Gasteiger partial charge in [-0.05, 0) is 39.3 Å². The fourth-order valence-corrected chi connectivity index (χ4v) is 3.08. The monoisotopic (exact) mass is 443 g/mol. The second kappa shape index (κ2) is 27.1.